The van der Waals surface area contributed by atoms with Crippen molar-refractivity contribution in [1.29, 1.82) is 5.26 Å². The van der Waals surface area contributed by atoms with Crippen LogP contribution in [0.25, 0.3) is 0 Å². The van der Waals surface area contributed by atoms with Crippen molar-refractivity contribution >= 4 is 0 Å². The molecule has 0 aliphatic carbocycles. The van der Waals surface area contributed by atoms with Gasteiger partial charge < -0.3 is 4.74 Å². The van der Waals surface area contributed by atoms with Gasteiger partial charge in [0.1, 0.15) is 6.07 Å². The molecule has 0 heterocycles. The number of ether oxygens (including phenoxy) is 1. The zero-order valence-corrected chi connectivity index (χ0v) is 5.97. The van der Waals surface area contributed by atoms with Crippen LogP contribution in [-0.2, 0) is 0 Å². The first-order chi connectivity index (χ1) is 5.75. The minimum absolute atomic E-state index is 0.383. The molecule has 1 radical (unpaired) electrons. The van der Waals surface area contributed by atoms with E-state index in [-0.39, 0.29) is 6.61 Å². The Kier molecular flexibility index (Phi) is 2.59. The topological polar surface area (TPSA) is 33.0 Å². The van der Waals surface area contributed by atoms with Gasteiger partial charge in [-0.3, -0.25) is 0 Å². The van der Waals surface area contributed by atoms with E-state index < -0.39 is 17.4 Å². The average molecular weight is 168 g/mol. The summed E-state index contributed by atoms with van der Waals surface area (Å²) in [4.78, 5) is 0. The maximum Gasteiger partial charge on any atom is 0.192 e. The Hall–Kier alpha value is -1.63. The molecule has 4 heteroatoms. The van der Waals surface area contributed by atoms with Crippen molar-refractivity contribution in [2.75, 3.05) is 6.61 Å². The lowest BCUT2D eigenvalue weighted by atomic mass is 10.3. The fourth-order valence-electron chi connectivity index (χ4n) is 0.671. The lowest BCUT2D eigenvalue weighted by Crippen LogP contribution is -1.98. The predicted molar refractivity (Wildman–Crippen MR) is 36.3 cm³/mol. The molecule has 0 fully saturated rings. The van der Waals surface area contributed by atoms with E-state index >= 15 is 0 Å². The van der Waals surface area contributed by atoms with Crippen LogP contribution in [0.1, 0.15) is 0 Å². The van der Waals surface area contributed by atoms with Gasteiger partial charge in [0.2, 0.25) is 0 Å². The second-order valence-electron chi connectivity index (χ2n) is 1.92. The third-order valence-electron chi connectivity index (χ3n) is 1.14. The molecule has 0 aliphatic rings. The summed E-state index contributed by atoms with van der Waals surface area (Å²) in [7, 11) is 0. The van der Waals surface area contributed by atoms with Gasteiger partial charge in [-0.1, -0.05) is 0 Å². The van der Waals surface area contributed by atoms with Crippen molar-refractivity contribution in [3.63, 3.8) is 0 Å². The minimum atomic E-state index is -0.926. The molecule has 0 spiro atoms. The third-order valence-corrected chi connectivity index (χ3v) is 1.14. The number of halogens is 2. The van der Waals surface area contributed by atoms with Gasteiger partial charge in [0, 0.05) is 6.07 Å². The van der Waals surface area contributed by atoms with Crippen LogP contribution in [-0.4, -0.2) is 6.61 Å². The summed E-state index contributed by atoms with van der Waals surface area (Å²) in [6.45, 7) is -0.383. The Morgan fingerprint density at radius 1 is 1.58 bits per heavy atom. The van der Waals surface area contributed by atoms with E-state index in [9.17, 15) is 8.78 Å². The lowest BCUT2D eigenvalue weighted by molar-refractivity contribution is 0.324. The Bertz CT molecular complexity index is 299. The number of nitriles is 1. The summed E-state index contributed by atoms with van der Waals surface area (Å²) < 4.78 is 29.8. The maximum atomic E-state index is 12.7. The fraction of sp³-hybridized carbons (Fsp3) is 0.125. The molecule has 0 aromatic heterocycles. The molecular weight excluding hydrogens is 164 g/mol. The van der Waals surface area contributed by atoms with Gasteiger partial charge in [-0.2, -0.15) is 5.26 Å². The Morgan fingerprint density at radius 3 is 2.92 bits per heavy atom. The smallest absolute Gasteiger partial charge is 0.192 e. The van der Waals surface area contributed by atoms with Gasteiger partial charge >= 0.3 is 0 Å². The van der Waals surface area contributed by atoms with Crippen LogP contribution >= 0.6 is 0 Å². The van der Waals surface area contributed by atoms with Gasteiger partial charge in [-0.15, -0.1) is 0 Å². The molecule has 0 amide bonds. The Labute approximate surface area is 68.0 Å². The largest absolute Gasteiger partial charge is 0.473 e. The average Bonchev–Trinajstić information content (AvgIpc) is 2.04. The van der Waals surface area contributed by atoms with Crippen LogP contribution in [0.2, 0.25) is 0 Å². The first-order valence-electron chi connectivity index (χ1n) is 3.11. The van der Waals surface area contributed by atoms with E-state index in [0.29, 0.717) is 0 Å². The molecule has 0 atom stereocenters. The molecule has 12 heavy (non-hydrogen) atoms. The highest BCUT2D eigenvalue weighted by Gasteiger charge is 2.08. The van der Waals surface area contributed by atoms with Crippen LogP contribution in [0.15, 0.2) is 12.1 Å². The van der Waals surface area contributed by atoms with Crippen molar-refractivity contribution in [1.82, 2.24) is 0 Å². The SMILES string of the molecule is N#CCOc1c(F)[c]ccc1F. The summed E-state index contributed by atoms with van der Waals surface area (Å²) in [6.07, 6.45) is 0. The van der Waals surface area contributed by atoms with Gasteiger partial charge in [0.15, 0.2) is 24.0 Å². The minimum Gasteiger partial charge on any atom is -0.473 e. The summed E-state index contributed by atoms with van der Waals surface area (Å²) >= 11 is 0. The lowest BCUT2D eigenvalue weighted by Gasteiger charge is -2.02. The highest BCUT2D eigenvalue weighted by atomic mass is 19.1. The highest BCUT2D eigenvalue weighted by Crippen LogP contribution is 2.19. The van der Waals surface area contributed by atoms with E-state index in [2.05, 4.69) is 10.8 Å². The Morgan fingerprint density at radius 2 is 2.33 bits per heavy atom. The van der Waals surface area contributed by atoms with E-state index in [4.69, 9.17) is 5.26 Å². The summed E-state index contributed by atoms with van der Waals surface area (Å²) in [5.41, 5.74) is 0. The van der Waals surface area contributed by atoms with Crippen LogP contribution in [0.3, 0.4) is 0 Å². The molecule has 1 aromatic rings. The molecule has 1 aromatic carbocycles. The van der Waals surface area contributed by atoms with Gasteiger partial charge in [0.05, 0.1) is 0 Å². The van der Waals surface area contributed by atoms with E-state index in [0.717, 1.165) is 12.1 Å². The molecular formula is C8H4F2NO. The second-order valence-corrected chi connectivity index (χ2v) is 1.92. The molecule has 0 unspecified atom stereocenters. The van der Waals surface area contributed by atoms with E-state index in [1.54, 1.807) is 6.07 Å². The molecule has 1 rings (SSSR count). The summed E-state index contributed by atoms with van der Waals surface area (Å²) in [5.74, 6) is -2.31. The van der Waals surface area contributed by atoms with Gasteiger partial charge in [-0.05, 0) is 12.1 Å². The first kappa shape index (κ1) is 8.47. The van der Waals surface area contributed by atoms with E-state index in [1.807, 2.05) is 0 Å². The third kappa shape index (κ3) is 1.70. The van der Waals surface area contributed by atoms with Crippen LogP contribution < -0.4 is 4.74 Å². The van der Waals surface area contributed by atoms with Gasteiger partial charge in [0.25, 0.3) is 0 Å². The highest BCUT2D eigenvalue weighted by molar-refractivity contribution is 5.25. The zero-order valence-electron chi connectivity index (χ0n) is 5.97. The number of benzene rings is 1. The standard InChI is InChI=1S/C8H4F2NO/c9-6-2-1-3-7(10)8(6)12-5-4-11/h1-2H,5H2. The molecule has 0 saturated heterocycles. The number of hydrogen-bond acceptors (Lipinski definition) is 2. The number of hydrogen-bond donors (Lipinski definition) is 0. The molecule has 2 nitrogen and oxygen atoms in total. The quantitative estimate of drug-likeness (QED) is 0.672. The normalized spacial score (nSPS) is 9.08. The number of rotatable bonds is 2. The van der Waals surface area contributed by atoms with Crippen LogP contribution in [0, 0.1) is 29.0 Å². The fourth-order valence-corrected chi connectivity index (χ4v) is 0.671. The van der Waals surface area contributed by atoms with Crippen molar-refractivity contribution in [3.8, 4) is 11.8 Å². The maximum absolute atomic E-state index is 12.7. The van der Waals surface area contributed by atoms with Crippen molar-refractivity contribution in [2.24, 2.45) is 0 Å². The second kappa shape index (κ2) is 3.67. The van der Waals surface area contributed by atoms with Crippen molar-refractivity contribution in [2.45, 2.75) is 0 Å². The van der Waals surface area contributed by atoms with E-state index in [1.165, 1.54) is 0 Å². The van der Waals surface area contributed by atoms with Crippen molar-refractivity contribution < 1.29 is 13.5 Å². The molecule has 0 aliphatic heterocycles. The molecule has 61 valence electrons. The van der Waals surface area contributed by atoms with Crippen LogP contribution in [0.5, 0.6) is 5.75 Å². The molecule has 0 bridgehead atoms. The van der Waals surface area contributed by atoms with Gasteiger partial charge in [-0.25, -0.2) is 8.78 Å². The monoisotopic (exact) mass is 168 g/mol. The Balaban J connectivity index is 2.90. The summed E-state index contributed by atoms with van der Waals surface area (Å²) in [5, 5.41) is 8.08. The summed E-state index contributed by atoms with van der Waals surface area (Å²) in [6, 6.07) is 5.82. The zero-order chi connectivity index (χ0) is 8.97. The predicted octanol–water partition coefficient (Wildman–Crippen LogP) is 1.67. The first-order valence-corrected chi connectivity index (χ1v) is 3.11. The van der Waals surface area contributed by atoms with Crippen molar-refractivity contribution in [3.05, 3.63) is 29.8 Å². The molecule has 0 N–H and O–H groups in total. The molecule has 0 saturated carbocycles. The number of nitrogens with zero attached hydrogens (tertiary/aromatic N) is 1. The van der Waals surface area contributed by atoms with Crippen LogP contribution in [0.4, 0.5) is 8.78 Å².